The maximum absolute atomic E-state index is 10.8. The third-order valence-electron chi connectivity index (χ3n) is 3.24. The summed E-state index contributed by atoms with van der Waals surface area (Å²) in [7, 11) is -8.11. The summed E-state index contributed by atoms with van der Waals surface area (Å²) in [5.74, 6) is 0. The molecule has 2 N–H and O–H groups in total. The SMILES string of the molecule is Cc1ccc(C)c(S(=O)(=O)O)c1.Cc1ccc(C)c(S(=O)(=O)O)c1. The Labute approximate surface area is 142 Å². The van der Waals surface area contributed by atoms with Crippen molar-refractivity contribution in [2.24, 2.45) is 0 Å². The normalized spacial score (nSPS) is 11.6. The molecule has 132 valence electrons. The van der Waals surface area contributed by atoms with Gasteiger partial charge in [-0.15, -0.1) is 0 Å². The van der Waals surface area contributed by atoms with Gasteiger partial charge in [-0.3, -0.25) is 9.11 Å². The van der Waals surface area contributed by atoms with Gasteiger partial charge < -0.3 is 0 Å². The summed E-state index contributed by atoms with van der Waals surface area (Å²) < 4.78 is 60.6. The van der Waals surface area contributed by atoms with Gasteiger partial charge in [0.05, 0.1) is 9.79 Å². The first kappa shape index (κ1) is 20.3. The third kappa shape index (κ3) is 5.72. The molecular weight excluding hydrogens is 352 g/mol. The lowest BCUT2D eigenvalue weighted by atomic mass is 10.2. The Balaban J connectivity index is 0.000000240. The zero-order chi connectivity index (χ0) is 18.7. The fraction of sp³-hybridized carbons (Fsp3) is 0.250. The fourth-order valence-corrected chi connectivity index (χ4v) is 3.59. The molecule has 0 atom stereocenters. The second-order valence-electron chi connectivity index (χ2n) is 5.49. The highest BCUT2D eigenvalue weighted by Gasteiger charge is 2.12. The van der Waals surface area contributed by atoms with Crippen LogP contribution in [-0.4, -0.2) is 25.9 Å². The van der Waals surface area contributed by atoms with Crippen LogP contribution in [-0.2, 0) is 20.2 Å². The molecule has 0 aliphatic rings. The number of hydrogen-bond donors (Lipinski definition) is 2. The van der Waals surface area contributed by atoms with Gasteiger partial charge in [0.2, 0.25) is 0 Å². The fourth-order valence-electron chi connectivity index (χ4n) is 1.97. The van der Waals surface area contributed by atoms with E-state index in [4.69, 9.17) is 9.11 Å². The summed E-state index contributed by atoms with van der Waals surface area (Å²) in [6.45, 7) is 6.83. The van der Waals surface area contributed by atoms with Crippen LogP contribution in [0.5, 0.6) is 0 Å². The molecule has 2 aromatic rings. The predicted octanol–water partition coefficient (Wildman–Crippen LogP) is 3.10. The summed E-state index contributed by atoms with van der Waals surface area (Å²) >= 11 is 0. The van der Waals surface area contributed by atoms with Gasteiger partial charge in [-0.1, -0.05) is 24.3 Å². The Kier molecular flexibility index (Phi) is 6.29. The molecule has 0 bridgehead atoms. The Morgan fingerprint density at radius 1 is 0.625 bits per heavy atom. The maximum Gasteiger partial charge on any atom is 0.294 e. The zero-order valence-corrected chi connectivity index (χ0v) is 15.4. The van der Waals surface area contributed by atoms with E-state index in [0.717, 1.165) is 11.1 Å². The van der Waals surface area contributed by atoms with Gasteiger partial charge in [0.15, 0.2) is 0 Å². The van der Waals surface area contributed by atoms with E-state index in [-0.39, 0.29) is 9.79 Å². The maximum atomic E-state index is 10.8. The monoisotopic (exact) mass is 372 g/mol. The van der Waals surface area contributed by atoms with E-state index in [1.54, 1.807) is 52.0 Å². The van der Waals surface area contributed by atoms with Crippen LogP contribution >= 0.6 is 0 Å². The van der Waals surface area contributed by atoms with E-state index in [0.29, 0.717) is 11.1 Å². The van der Waals surface area contributed by atoms with E-state index < -0.39 is 20.2 Å². The summed E-state index contributed by atoms with van der Waals surface area (Å²) in [6, 6.07) is 9.82. The average Bonchev–Trinajstić information content (AvgIpc) is 2.42. The van der Waals surface area contributed by atoms with Crippen molar-refractivity contribution in [2.75, 3.05) is 0 Å². The summed E-state index contributed by atoms with van der Waals surface area (Å²) in [5.41, 5.74) is 2.74. The Bertz CT molecular complexity index is 865. The standard InChI is InChI=1S/2C8H10O3S/c2*1-6-3-4-7(2)8(5-6)12(9,10)11/h2*3-5H,1-2H3,(H,9,10,11). The third-order valence-corrected chi connectivity index (χ3v) is 5.23. The van der Waals surface area contributed by atoms with Crippen molar-refractivity contribution >= 4 is 20.2 Å². The van der Waals surface area contributed by atoms with Crippen LogP contribution in [0.25, 0.3) is 0 Å². The molecule has 0 radical (unpaired) electrons. The molecule has 2 aromatic carbocycles. The van der Waals surface area contributed by atoms with Crippen molar-refractivity contribution < 1.29 is 25.9 Å². The molecular formula is C16H20O6S2. The lowest BCUT2D eigenvalue weighted by Crippen LogP contribution is -2.00. The van der Waals surface area contributed by atoms with Gasteiger partial charge in [0.1, 0.15) is 0 Å². The van der Waals surface area contributed by atoms with Crippen LogP contribution in [0.4, 0.5) is 0 Å². The number of hydrogen-bond acceptors (Lipinski definition) is 4. The van der Waals surface area contributed by atoms with Crippen LogP contribution in [0, 0.1) is 27.7 Å². The van der Waals surface area contributed by atoms with Crippen molar-refractivity contribution in [1.82, 2.24) is 0 Å². The highest BCUT2D eigenvalue weighted by Crippen LogP contribution is 2.16. The molecule has 0 saturated heterocycles. The van der Waals surface area contributed by atoms with E-state index in [1.165, 1.54) is 12.1 Å². The lowest BCUT2D eigenvalue weighted by molar-refractivity contribution is 0.480. The Morgan fingerprint density at radius 3 is 1.12 bits per heavy atom. The molecule has 0 unspecified atom stereocenters. The smallest absolute Gasteiger partial charge is 0.282 e. The van der Waals surface area contributed by atoms with Crippen LogP contribution < -0.4 is 0 Å². The highest BCUT2D eigenvalue weighted by molar-refractivity contribution is 7.86. The molecule has 2 rings (SSSR count). The number of aryl methyl sites for hydroxylation is 4. The summed E-state index contributed by atoms with van der Waals surface area (Å²) in [5, 5.41) is 0. The lowest BCUT2D eigenvalue weighted by Gasteiger charge is -2.02. The summed E-state index contributed by atoms with van der Waals surface area (Å²) in [4.78, 5) is -0.0231. The summed E-state index contributed by atoms with van der Waals surface area (Å²) in [6.07, 6.45) is 0. The van der Waals surface area contributed by atoms with Gasteiger partial charge >= 0.3 is 0 Å². The molecule has 8 heteroatoms. The Hall–Kier alpha value is -1.74. The Morgan fingerprint density at radius 2 is 0.917 bits per heavy atom. The van der Waals surface area contributed by atoms with Crippen molar-refractivity contribution in [3.8, 4) is 0 Å². The molecule has 0 aliphatic heterocycles. The molecule has 0 aromatic heterocycles. The van der Waals surface area contributed by atoms with Crippen LogP contribution in [0.2, 0.25) is 0 Å². The average molecular weight is 372 g/mol. The molecule has 0 heterocycles. The van der Waals surface area contributed by atoms with Crippen LogP contribution in [0.15, 0.2) is 46.2 Å². The highest BCUT2D eigenvalue weighted by atomic mass is 32.2. The molecule has 0 saturated carbocycles. The van der Waals surface area contributed by atoms with E-state index in [1.807, 2.05) is 0 Å². The van der Waals surface area contributed by atoms with Gasteiger partial charge in [-0.2, -0.15) is 16.8 Å². The van der Waals surface area contributed by atoms with Crippen LogP contribution in [0.1, 0.15) is 22.3 Å². The van der Waals surface area contributed by atoms with Gasteiger partial charge in [0, 0.05) is 0 Å². The number of rotatable bonds is 2. The topological polar surface area (TPSA) is 109 Å². The second kappa shape index (κ2) is 7.43. The second-order valence-corrected chi connectivity index (χ2v) is 8.27. The minimum atomic E-state index is -4.06. The van der Waals surface area contributed by atoms with Crippen LogP contribution in [0.3, 0.4) is 0 Å². The van der Waals surface area contributed by atoms with E-state index >= 15 is 0 Å². The predicted molar refractivity (Wildman–Crippen MR) is 91.5 cm³/mol. The molecule has 0 spiro atoms. The zero-order valence-electron chi connectivity index (χ0n) is 13.8. The van der Waals surface area contributed by atoms with Gasteiger partial charge in [0.25, 0.3) is 20.2 Å². The van der Waals surface area contributed by atoms with Crippen molar-refractivity contribution in [3.05, 3.63) is 58.7 Å². The molecule has 0 amide bonds. The minimum Gasteiger partial charge on any atom is -0.282 e. The van der Waals surface area contributed by atoms with Crippen molar-refractivity contribution in [2.45, 2.75) is 37.5 Å². The molecule has 0 aliphatic carbocycles. The molecule has 24 heavy (non-hydrogen) atoms. The largest absolute Gasteiger partial charge is 0.294 e. The van der Waals surface area contributed by atoms with E-state index in [2.05, 4.69) is 0 Å². The first-order valence-corrected chi connectivity index (χ1v) is 9.80. The first-order valence-electron chi connectivity index (χ1n) is 6.92. The first-order chi connectivity index (χ1) is 10.8. The van der Waals surface area contributed by atoms with Gasteiger partial charge in [-0.25, -0.2) is 0 Å². The van der Waals surface area contributed by atoms with Crippen molar-refractivity contribution in [1.29, 1.82) is 0 Å². The van der Waals surface area contributed by atoms with Gasteiger partial charge in [-0.05, 0) is 62.1 Å². The number of benzene rings is 2. The van der Waals surface area contributed by atoms with Crippen molar-refractivity contribution in [3.63, 3.8) is 0 Å². The molecule has 0 fully saturated rings. The van der Waals surface area contributed by atoms with E-state index in [9.17, 15) is 16.8 Å². The quantitative estimate of drug-likeness (QED) is 0.784. The minimum absolute atomic E-state index is 0.0116. The molecule has 6 nitrogen and oxygen atoms in total.